The lowest BCUT2D eigenvalue weighted by molar-refractivity contribution is 0.191. The number of aromatic nitrogens is 3. The van der Waals surface area contributed by atoms with E-state index in [0.717, 1.165) is 49.7 Å². The molecular weight excluding hydrogens is 278 g/mol. The van der Waals surface area contributed by atoms with Crippen molar-refractivity contribution in [2.75, 3.05) is 25.0 Å². The number of hydrogen-bond donors (Lipinski definition) is 0. The Morgan fingerprint density at radius 3 is 2.91 bits per heavy atom. The summed E-state index contributed by atoms with van der Waals surface area (Å²) >= 11 is 0. The zero-order valence-corrected chi connectivity index (χ0v) is 13.1. The van der Waals surface area contributed by atoms with Crippen molar-refractivity contribution in [3.8, 4) is 0 Å². The van der Waals surface area contributed by atoms with Crippen LogP contribution in [0, 0.1) is 6.92 Å². The van der Waals surface area contributed by atoms with Crippen LogP contribution < -0.4 is 4.90 Å². The first kappa shape index (κ1) is 13.7. The number of nitrogens with zero attached hydrogens (tertiary/aromatic N) is 5. The van der Waals surface area contributed by atoms with Crippen molar-refractivity contribution in [2.45, 2.75) is 38.8 Å². The average molecular weight is 299 g/mol. The molecule has 0 spiro atoms. The van der Waals surface area contributed by atoms with Crippen molar-refractivity contribution >= 4 is 5.82 Å². The molecule has 0 bridgehead atoms. The van der Waals surface area contributed by atoms with Crippen LogP contribution in [-0.4, -0.2) is 46.4 Å². The fourth-order valence-corrected chi connectivity index (χ4v) is 3.27. The van der Waals surface area contributed by atoms with Gasteiger partial charge in [-0.2, -0.15) is 5.10 Å². The zero-order chi connectivity index (χ0) is 15.1. The van der Waals surface area contributed by atoms with E-state index in [-0.39, 0.29) is 0 Å². The first-order chi connectivity index (χ1) is 10.7. The number of fused-ring (bicyclic) bond motifs is 1. The second kappa shape index (κ2) is 5.35. The van der Waals surface area contributed by atoms with Gasteiger partial charge in [-0.05, 0) is 44.9 Å². The van der Waals surface area contributed by atoms with Crippen LogP contribution in [0.2, 0.25) is 0 Å². The summed E-state index contributed by atoms with van der Waals surface area (Å²) in [6.45, 7) is 4.75. The third-order valence-electron chi connectivity index (χ3n) is 4.70. The Morgan fingerprint density at radius 2 is 2.14 bits per heavy atom. The molecule has 0 amide bonds. The first-order valence-corrected chi connectivity index (χ1v) is 7.92. The van der Waals surface area contributed by atoms with Crippen LogP contribution in [0.25, 0.3) is 0 Å². The van der Waals surface area contributed by atoms with Crippen LogP contribution >= 0.6 is 0 Å². The third-order valence-corrected chi connectivity index (χ3v) is 4.70. The lowest BCUT2D eigenvalue weighted by atomic mass is 10.1. The smallest absolute Gasteiger partial charge is 0.151 e. The fraction of sp³-hybridized carbons (Fsp3) is 0.562. The van der Waals surface area contributed by atoms with Crippen molar-refractivity contribution in [2.24, 2.45) is 0 Å². The first-order valence-electron chi connectivity index (χ1n) is 7.92. The normalized spacial score (nSPS) is 17.9. The molecule has 0 N–H and O–H groups in total. The van der Waals surface area contributed by atoms with Gasteiger partial charge in [0.1, 0.15) is 5.76 Å². The highest BCUT2D eigenvalue weighted by atomic mass is 16.5. The largest absolute Gasteiger partial charge is 0.361 e. The molecular formula is C16H21N5O. The van der Waals surface area contributed by atoms with Gasteiger partial charge in [0.05, 0.1) is 11.4 Å². The molecule has 1 aliphatic carbocycles. The molecule has 0 radical (unpaired) electrons. The van der Waals surface area contributed by atoms with Crippen molar-refractivity contribution in [1.29, 1.82) is 0 Å². The number of rotatable bonds is 4. The molecule has 6 nitrogen and oxygen atoms in total. The van der Waals surface area contributed by atoms with Crippen molar-refractivity contribution < 1.29 is 4.52 Å². The Labute approximate surface area is 130 Å². The van der Waals surface area contributed by atoms with Crippen molar-refractivity contribution in [3.05, 3.63) is 34.8 Å². The SMILES string of the molecule is Cc1cc(CN(C)C2CN(c3cc4c(nn3)CCC4)C2)no1. The second-order valence-corrected chi connectivity index (χ2v) is 6.43. The Hall–Kier alpha value is -1.95. The quantitative estimate of drug-likeness (QED) is 0.854. The summed E-state index contributed by atoms with van der Waals surface area (Å²) in [6, 6.07) is 4.76. The van der Waals surface area contributed by atoms with Gasteiger partial charge in [-0.3, -0.25) is 4.90 Å². The highest BCUT2D eigenvalue weighted by Crippen LogP contribution is 2.26. The molecule has 4 rings (SSSR count). The molecule has 3 heterocycles. The van der Waals surface area contributed by atoms with E-state index >= 15 is 0 Å². The Balaban J connectivity index is 1.35. The van der Waals surface area contributed by atoms with Gasteiger partial charge in [-0.15, -0.1) is 5.10 Å². The van der Waals surface area contributed by atoms with Gasteiger partial charge in [0.25, 0.3) is 0 Å². The van der Waals surface area contributed by atoms with Gasteiger partial charge >= 0.3 is 0 Å². The molecule has 2 aromatic heterocycles. The van der Waals surface area contributed by atoms with Gasteiger partial charge in [0, 0.05) is 31.7 Å². The van der Waals surface area contributed by atoms with Crippen LogP contribution in [0.3, 0.4) is 0 Å². The van der Waals surface area contributed by atoms with Gasteiger partial charge in [-0.25, -0.2) is 0 Å². The highest BCUT2D eigenvalue weighted by molar-refractivity contribution is 5.45. The molecule has 1 fully saturated rings. The van der Waals surface area contributed by atoms with Crippen molar-refractivity contribution in [3.63, 3.8) is 0 Å². The number of hydrogen-bond acceptors (Lipinski definition) is 6. The second-order valence-electron chi connectivity index (χ2n) is 6.43. The summed E-state index contributed by atoms with van der Waals surface area (Å²) in [5.74, 6) is 1.90. The molecule has 116 valence electrons. The Bertz CT molecular complexity index is 677. The van der Waals surface area contributed by atoms with Gasteiger partial charge < -0.3 is 9.42 Å². The molecule has 0 atom stereocenters. The Morgan fingerprint density at radius 1 is 1.27 bits per heavy atom. The third kappa shape index (κ3) is 2.47. The maximum atomic E-state index is 5.12. The van der Waals surface area contributed by atoms with E-state index in [1.54, 1.807) is 0 Å². The number of likely N-dealkylation sites (N-methyl/N-ethyl adjacent to an activating group) is 1. The van der Waals surface area contributed by atoms with Gasteiger partial charge in [0.2, 0.25) is 0 Å². The van der Waals surface area contributed by atoms with Gasteiger partial charge in [0.15, 0.2) is 5.82 Å². The fourth-order valence-electron chi connectivity index (χ4n) is 3.27. The van der Waals surface area contributed by atoms with Gasteiger partial charge in [-0.1, -0.05) is 5.16 Å². The maximum Gasteiger partial charge on any atom is 0.151 e. The van der Waals surface area contributed by atoms with Crippen LogP contribution in [0.5, 0.6) is 0 Å². The van der Waals surface area contributed by atoms with E-state index in [1.807, 2.05) is 13.0 Å². The summed E-state index contributed by atoms with van der Waals surface area (Å²) in [5, 5.41) is 12.8. The van der Waals surface area contributed by atoms with E-state index in [0.29, 0.717) is 6.04 Å². The average Bonchev–Trinajstić information content (AvgIpc) is 3.05. The van der Waals surface area contributed by atoms with E-state index in [2.05, 4.69) is 38.3 Å². The molecule has 2 aliphatic rings. The summed E-state index contributed by atoms with van der Waals surface area (Å²) in [7, 11) is 2.14. The lowest BCUT2D eigenvalue weighted by Crippen LogP contribution is -2.58. The summed E-state index contributed by atoms with van der Waals surface area (Å²) in [4.78, 5) is 4.63. The summed E-state index contributed by atoms with van der Waals surface area (Å²) in [5.41, 5.74) is 3.58. The Kier molecular flexibility index (Phi) is 3.33. The lowest BCUT2D eigenvalue weighted by Gasteiger charge is -2.44. The molecule has 1 saturated heterocycles. The van der Waals surface area contributed by atoms with Crippen molar-refractivity contribution in [1.82, 2.24) is 20.3 Å². The topological polar surface area (TPSA) is 58.3 Å². The monoisotopic (exact) mass is 299 g/mol. The van der Waals surface area contributed by atoms with E-state index in [4.69, 9.17) is 4.52 Å². The molecule has 2 aromatic rings. The molecule has 1 aliphatic heterocycles. The molecule has 0 unspecified atom stereocenters. The van der Waals surface area contributed by atoms with Crippen LogP contribution in [0.1, 0.15) is 29.1 Å². The maximum absolute atomic E-state index is 5.12. The standard InChI is InChI=1S/C16H21N5O/c1-11-6-13(19-22-11)8-20(2)14-9-21(10-14)16-7-12-4-3-5-15(12)17-18-16/h6-7,14H,3-5,8-10H2,1-2H3. The van der Waals surface area contributed by atoms with E-state index in [1.165, 1.54) is 17.7 Å². The number of anilines is 1. The minimum absolute atomic E-state index is 0.534. The predicted octanol–water partition coefficient (Wildman–Crippen LogP) is 1.58. The summed E-state index contributed by atoms with van der Waals surface area (Å²) < 4.78 is 5.12. The predicted molar refractivity (Wildman–Crippen MR) is 82.8 cm³/mol. The molecule has 0 saturated carbocycles. The minimum atomic E-state index is 0.534. The molecule has 6 heteroatoms. The van der Waals surface area contributed by atoms with Crippen LogP contribution in [0.15, 0.2) is 16.7 Å². The highest BCUT2D eigenvalue weighted by Gasteiger charge is 2.32. The van der Waals surface area contributed by atoms with E-state index < -0.39 is 0 Å². The minimum Gasteiger partial charge on any atom is -0.361 e. The van der Waals surface area contributed by atoms with E-state index in [9.17, 15) is 0 Å². The zero-order valence-electron chi connectivity index (χ0n) is 13.1. The van der Waals surface area contributed by atoms with Crippen LogP contribution in [-0.2, 0) is 19.4 Å². The summed E-state index contributed by atoms with van der Waals surface area (Å²) in [6.07, 6.45) is 3.46. The number of aryl methyl sites for hydroxylation is 3. The molecule has 0 aromatic carbocycles. The van der Waals surface area contributed by atoms with Crippen LogP contribution in [0.4, 0.5) is 5.82 Å². The molecule has 22 heavy (non-hydrogen) atoms.